The summed E-state index contributed by atoms with van der Waals surface area (Å²) < 4.78 is 36.7. The predicted octanol–water partition coefficient (Wildman–Crippen LogP) is 9.60. The van der Waals surface area contributed by atoms with E-state index in [9.17, 15) is 9.59 Å². The number of benzene rings is 4. The maximum absolute atomic E-state index is 13.7. The maximum atomic E-state index is 13.7. The van der Waals surface area contributed by atoms with Gasteiger partial charge in [-0.05, 0) is 93.1 Å². The molecule has 61 heavy (non-hydrogen) atoms. The number of carbonyl (C=O) groups excluding carboxylic acids is 1. The van der Waals surface area contributed by atoms with Gasteiger partial charge in [0.1, 0.15) is 43.5 Å². The largest absolute Gasteiger partial charge is 0.497 e. The van der Waals surface area contributed by atoms with Crippen LogP contribution in [0.3, 0.4) is 0 Å². The summed E-state index contributed by atoms with van der Waals surface area (Å²) in [5.41, 5.74) is 2.38. The number of rotatable bonds is 20. The summed E-state index contributed by atoms with van der Waals surface area (Å²) >= 11 is 0. The highest BCUT2D eigenvalue weighted by Gasteiger charge is 2.44. The number of methoxy groups -OCH3 is 2. The number of hydrogen-bond donors (Lipinski definition) is 1. The monoisotopic (exact) mass is 848 g/mol. The number of carbonyl (C=O) groups is 1. The number of ether oxygens (including phenoxy) is 4. The molecule has 1 unspecified atom stereocenters. The van der Waals surface area contributed by atoms with Gasteiger partial charge >= 0.3 is 5.69 Å². The molecule has 11 nitrogen and oxygen atoms in total. The molecular weight excluding hydrogens is 788 g/mol. The molecule has 0 aliphatic carbocycles. The quantitative estimate of drug-likeness (QED) is 0.0605. The molecule has 0 spiro atoms. The van der Waals surface area contributed by atoms with Crippen molar-refractivity contribution in [1.29, 1.82) is 0 Å². The number of aryl methyl sites for hydroxylation is 1. The van der Waals surface area contributed by atoms with Gasteiger partial charge in [-0.1, -0.05) is 98.8 Å². The van der Waals surface area contributed by atoms with Crippen LogP contribution in [0.4, 0.5) is 5.82 Å². The fourth-order valence-corrected chi connectivity index (χ4v) is 10.4. The summed E-state index contributed by atoms with van der Waals surface area (Å²) in [6.07, 6.45) is 3.03. The first-order chi connectivity index (χ1) is 29.4. The first-order valence-corrected chi connectivity index (χ1v) is 22.6. The molecule has 324 valence electrons. The third-order valence-corrected chi connectivity index (χ3v) is 13.6. The van der Waals surface area contributed by atoms with Crippen LogP contribution in [0.2, 0.25) is 0 Å². The lowest BCUT2D eigenvalue weighted by atomic mass is 9.80. The van der Waals surface area contributed by atoms with Gasteiger partial charge in [-0.15, -0.1) is 0 Å². The lowest BCUT2D eigenvalue weighted by molar-refractivity contribution is -0.118. The topological polar surface area (TPSA) is 113 Å². The summed E-state index contributed by atoms with van der Waals surface area (Å²) in [6, 6.07) is 38.7. The molecule has 1 amide bonds. The molecule has 2 heterocycles. The Hall–Kier alpha value is -4.90. The zero-order valence-electron chi connectivity index (χ0n) is 36.7. The molecule has 4 aromatic carbocycles. The van der Waals surface area contributed by atoms with Crippen LogP contribution in [0, 0.1) is 5.92 Å². The summed E-state index contributed by atoms with van der Waals surface area (Å²) in [7, 11) is 2.19. The second-order valence-electron chi connectivity index (χ2n) is 16.2. The van der Waals surface area contributed by atoms with E-state index in [0.29, 0.717) is 6.42 Å². The molecule has 1 fully saturated rings. The summed E-state index contributed by atoms with van der Waals surface area (Å²) in [5.74, 6) is 1.17. The van der Waals surface area contributed by atoms with E-state index in [1.54, 1.807) is 40.3 Å². The van der Waals surface area contributed by atoms with Crippen molar-refractivity contribution < 1.29 is 28.3 Å². The molecule has 12 heteroatoms. The Bertz CT molecular complexity index is 2130. The zero-order valence-corrected chi connectivity index (χ0v) is 37.6. The molecular formula is C49H61N4O7P. The molecule has 1 N–H and O–H groups in total. The lowest BCUT2D eigenvalue weighted by Gasteiger charge is -2.40. The highest BCUT2D eigenvalue weighted by Crippen LogP contribution is 2.50. The van der Waals surface area contributed by atoms with E-state index in [0.717, 1.165) is 47.2 Å². The summed E-state index contributed by atoms with van der Waals surface area (Å²) in [4.78, 5) is 30.4. The van der Waals surface area contributed by atoms with Crippen LogP contribution in [0.25, 0.3) is 0 Å². The van der Waals surface area contributed by atoms with Crippen LogP contribution >= 0.6 is 8.30 Å². The van der Waals surface area contributed by atoms with Gasteiger partial charge in [0, 0.05) is 36.8 Å². The second-order valence-corrected chi connectivity index (χ2v) is 18.0. The molecule has 1 aliphatic heterocycles. The molecule has 1 aromatic heterocycles. The van der Waals surface area contributed by atoms with Crippen LogP contribution in [-0.2, 0) is 30.8 Å². The maximum Gasteiger partial charge on any atom is 0.351 e. The van der Waals surface area contributed by atoms with Crippen molar-refractivity contribution in [2.75, 3.05) is 32.3 Å². The molecule has 1 aliphatic rings. The molecule has 0 saturated carbocycles. The van der Waals surface area contributed by atoms with Gasteiger partial charge in [-0.2, -0.15) is 4.98 Å². The van der Waals surface area contributed by atoms with Crippen molar-refractivity contribution in [3.63, 3.8) is 0 Å². The van der Waals surface area contributed by atoms with Crippen molar-refractivity contribution in [1.82, 2.24) is 14.2 Å². The van der Waals surface area contributed by atoms with E-state index >= 15 is 0 Å². The third kappa shape index (κ3) is 11.1. The number of nitrogens with one attached hydrogen (secondary N) is 1. The molecule has 1 saturated heterocycles. The first-order valence-electron chi connectivity index (χ1n) is 21.2. The normalized spacial score (nSPS) is 17.3. The average Bonchev–Trinajstić information content (AvgIpc) is 3.66. The van der Waals surface area contributed by atoms with Crippen LogP contribution in [0.15, 0.2) is 126 Å². The van der Waals surface area contributed by atoms with Crippen molar-refractivity contribution in [3.05, 3.63) is 154 Å². The van der Waals surface area contributed by atoms with Gasteiger partial charge in [0.25, 0.3) is 0 Å². The standard InChI is InChI=1S/C49H61N4O7P/c1-34(2)47(54)50-45-29-30-52(48(55)51-45)46-32-43(60-61(53(35(3)4)36(5)6)31-15-18-37-16-11-9-12-17-37)44(59-46)33-58-49(38-19-13-10-14-20-38,39-21-25-41(56-7)26-22-39)40-23-27-42(57-8)28-24-40/h9-14,16-17,19-30,34-36,43-44,46H,15,18,31-33H2,1-8H3,(H,50,51,54,55)/t43-,44+,46+,61?/m0/s1. The van der Waals surface area contributed by atoms with E-state index < -0.39 is 38.0 Å². The minimum Gasteiger partial charge on any atom is -0.497 e. The Morgan fingerprint density at radius 3 is 1.90 bits per heavy atom. The Balaban J connectivity index is 1.40. The van der Waals surface area contributed by atoms with Gasteiger partial charge in [0.15, 0.2) is 0 Å². The van der Waals surface area contributed by atoms with Gasteiger partial charge < -0.3 is 28.8 Å². The predicted molar refractivity (Wildman–Crippen MR) is 242 cm³/mol. The number of anilines is 1. The zero-order chi connectivity index (χ0) is 43.5. The first kappa shape index (κ1) is 45.6. The fourth-order valence-electron chi connectivity index (χ4n) is 7.94. The average molecular weight is 849 g/mol. The fraction of sp³-hybridized carbons (Fsp3) is 0.408. The molecule has 4 atom stereocenters. The van der Waals surface area contributed by atoms with Gasteiger partial charge in [0.2, 0.25) is 5.91 Å². The van der Waals surface area contributed by atoms with Crippen LogP contribution in [0.5, 0.6) is 11.5 Å². The van der Waals surface area contributed by atoms with Gasteiger partial charge in [-0.25, -0.2) is 4.79 Å². The molecule has 0 radical (unpaired) electrons. The van der Waals surface area contributed by atoms with Crippen LogP contribution in [-0.4, -0.2) is 71.4 Å². The minimum absolute atomic E-state index is 0.120. The Labute approximate surface area is 362 Å². The molecule has 5 aromatic rings. The lowest BCUT2D eigenvalue weighted by Crippen LogP contribution is -2.39. The van der Waals surface area contributed by atoms with Crippen LogP contribution in [0.1, 0.15) is 82.9 Å². The highest BCUT2D eigenvalue weighted by atomic mass is 31.2. The van der Waals surface area contributed by atoms with Gasteiger partial charge in [0.05, 0.1) is 26.9 Å². The third-order valence-electron chi connectivity index (χ3n) is 11.0. The summed E-state index contributed by atoms with van der Waals surface area (Å²) in [5, 5.41) is 2.74. The Morgan fingerprint density at radius 2 is 1.38 bits per heavy atom. The number of aromatic nitrogens is 2. The summed E-state index contributed by atoms with van der Waals surface area (Å²) in [6.45, 7) is 12.6. The van der Waals surface area contributed by atoms with E-state index in [1.165, 1.54) is 10.1 Å². The van der Waals surface area contributed by atoms with Crippen LogP contribution < -0.4 is 20.5 Å². The molecule has 6 rings (SSSR count). The molecule has 0 bridgehead atoms. The highest BCUT2D eigenvalue weighted by molar-refractivity contribution is 7.50. The SMILES string of the molecule is COc1ccc(C(OC[C@H]2O[C@@H](n3ccc(NC(=O)C(C)C)nc3=O)C[C@@H]2OP(CCCc2ccccc2)N(C(C)C)C(C)C)(c2ccccc2)c2ccc(OC)cc2)cc1. The van der Waals surface area contributed by atoms with Gasteiger partial charge in [-0.3, -0.25) is 14.0 Å². The van der Waals surface area contributed by atoms with E-state index in [1.807, 2.05) is 72.8 Å². The Kier molecular flexibility index (Phi) is 15.9. The Morgan fingerprint density at radius 1 is 0.820 bits per heavy atom. The smallest absolute Gasteiger partial charge is 0.351 e. The number of amides is 1. The second kappa shape index (κ2) is 21.3. The van der Waals surface area contributed by atoms with Crippen molar-refractivity contribution in [2.24, 2.45) is 5.92 Å². The van der Waals surface area contributed by atoms with E-state index in [4.69, 9.17) is 23.5 Å². The van der Waals surface area contributed by atoms with Crippen molar-refractivity contribution in [2.45, 2.75) is 96.9 Å². The minimum atomic E-state index is -1.12. The number of nitrogens with zero attached hydrogens (tertiary/aromatic N) is 3. The van der Waals surface area contributed by atoms with E-state index in [-0.39, 0.29) is 36.3 Å². The van der Waals surface area contributed by atoms with Crippen molar-refractivity contribution >= 4 is 20.0 Å². The van der Waals surface area contributed by atoms with E-state index in [2.05, 4.69) is 79.1 Å². The number of hydrogen-bond acceptors (Lipinski definition) is 9. The van der Waals surface area contributed by atoms with Crippen molar-refractivity contribution in [3.8, 4) is 11.5 Å².